The molecule has 0 spiro atoms. The molecule has 0 bridgehead atoms. The number of nitrogens with zero attached hydrogens (tertiary/aromatic N) is 1. The van der Waals surface area contributed by atoms with Crippen molar-refractivity contribution in [2.75, 3.05) is 5.32 Å². The average molecular weight is 270 g/mol. The van der Waals surface area contributed by atoms with Crippen LogP contribution < -0.4 is 5.32 Å². The van der Waals surface area contributed by atoms with Crippen molar-refractivity contribution in [2.45, 2.75) is 19.8 Å². The summed E-state index contributed by atoms with van der Waals surface area (Å²) in [6.45, 7) is 1.48. The van der Waals surface area contributed by atoms with Crippen molar-refractivity contribution in [1.82, 2.24) is 4.98 Å². The summed E-state index contributed by atoms with van der Waals surface area (Å²) in [5.74, 6) is 2.51. The highest BCUT2D eigenvalue weighted by Gasteiger charge is 2.03. The number of anilines is 1. The van der Waals surface area contributed by atoms with Gasteiger partial charge < -0.3 is 5.32 Å². The van der Waals surface area contributed by atoms with Crippen LogP contribution in [0.1, 0.15) is 23.7 Å². The number of terminal acetylenes is 1. The predicted molar refractivity (Wildman–Crippen MR) is 78.2 cm³/mol. The lowest BCUT2D eigenvalue weighted by Gasteiger charge is -2.00. The van der Waals surface area contributed by atoms with Crippen molar-refractivity contribution in [3.63, 3.8) is 0 Å². The van der Waals surface area contributed by atoms with Crippen LogP contribution in [0.5, 0.6) is 0 Å². The molecule has 2 aromatic rings. The second-order valence-electron chi connectivity index (χ2n) is 4.17. The molecule has 0 saturated carbocycles. The first-order valence-electron chi connectivity index (χ1n) is 5.95. The largest absolute Gasteiger partial charge is 0.302 e. The Labute approximate surface area is 116 Å². The minimum absolute atomic E-state index is 0.0919. The molecule has 3 nitrogen and oxygen atoms in total. The van der Waals surface area contributed by atoms with Gasteiger partial charge in [0, 0.05) is 17.9 Å². The second kappa shape index (κ2) is 6.17. The summed E-state index contributed by atoms with van der Waals surface area (Å²) in [5, 5.41) is 5.32. The number of thiazole rings is 1. The monoisotopic (exact) mass is 270 g/mol. The SMILES string of the molecule is C#Cc1ccc(CCc2csc(NC(C)=O)n2)cc1. The molecule has 1 amide bonds. The minimum atomic E-state index is -0.0919. The predicted octanol–water partition coefficient (Wildman–Crippen LogP) is 2.87. The highest BCUT2D eigenvalue weighted by Crippen LogP contribution is 2.17. The Kier molecular flexibility index (Phi) is 4.32. The van der Waals surface area contributed by atoms with Gasteiger partial charge in [0.05, 0.1) is 5.69 Å². The Morgan fingerprint density at radius 3 is 2.74 bits per heavy atom. The van der Waals surface area contributed by atoms with Crippen molar-refractivity contribution >= 4 is 22.4 Å². The number of hydrogen-bond donors (Lipinski definition) is 1. The van der Waals surface area contributed by atoms with Crippen LogP contribution in [0, 0.1) is 12.3 Å². The van der Waals surface area contributed by atoms with Gasteiger partial charge in [0.1, 0.15) is 0 Å². The minimum Gasteiger partial charge on any atom is -0.302 e. The van der Waals surface area contributed by atoms with E-state index in [-0.39, 0.29) is 5.91 Å². The molecule has 2 rings (SSSR count). The van der Waals surface area contributed by atoms with Crippen LogP contribution in [0.4, 0.5) is 5.13 Å². The van der Waals surface area contributed by atoms with Crippen LogP contribution in [0.25, 0.3) is 0 Å². The van der Waals surface area contributed by atoms with E-state index in [2.05, 4.69) is 16.2 Å². The van der Waals surface area contributed by atoms with Crippen molar-refractivity contribution in [1.29, 1.82) is 0 Å². The number of benzene rings is 1. The highest BCUT2D eigenvalue weighted by molar-refractivity contribution is 7.13. The normalized spacial score (nSPS) is 9.89. The Morgan fingerprint density at radius 2 is 2.11 bits per heavy atom. The van der Waals surface area contributed by atoms with E-state index in [1.165, 1.54) is 23.8 Å². The first-order chi connectivity index (χ1) is 9.17. The summed E-state index contributed by atoms with van der Waals surface area (Å²) in [7, 11) is 0. The van der Waals surface area contributed by atoms with Gasteiger partial charge in [-0.15, -0.1) is 17.8 Å². The van der Waals surface area contributed by atoms with Crippen LogP contribution in [0.3, 0.4) is 0 Å². The molecule has 0 aliphatic carbocycles. The van der Waals surface area contributed by atoms with E-state index in [1.807, 2.05) is 29.6 Å². The molecule has 19 heavy (non-hydrogen) atoms. The summed E-state index contributed by atoms with van der Waals surface area (Å²) in [6.07, 6.45) is 7.08. The molecular formula is C15H14N2OS. The number of carbonyl (C=O) groups excluding carboxylic acids is 1. The number of nitrogens with one attached hydrogen (secondary N) is 1. The highest BCUT2D eigenvalue weighted by atomic mass is 32.1. The first-order valence-corrected chi connectivity index (χ1v) is 6.83. The lowest BCUT2D eigenvalue weighted by atomic mass is 10.1. The third kappa shape index (κ3) is 3.94. The third-order valence-electron chi connectivity index (χ3n) is 2.63. The summed E-state index contributed by atoms with van der Waals surface area (Å²) in [5.41, 5.74) is 3.12. The molecule has 1 aromatic heterocycles. The number of hydrogen-bond acceptors (Lipinski definition) is 3. The van der Waals surface area contributed by atoms with Crippen molar-refractivity contribution in [3.8, 4) is 12.3 Å². The Bertz CT molecular complexity index is 608. The quantitative estimate of drug-likeness (QED) is 0.868. The summed E-state index contributed by atoms with van der Waals surface area (Å²) in [6, 6.07) is 7.96. The fourth-order valence-electron chi connectivity index (χ4n) is 1.67. The van der Waals surface area contributed by atoms with Crippen LogP contribution >= 0.6 is 11.3 Å². The number of aryl methyl sites for hydroxylation is 2. The zero-order valence-corrected chi connectivity index (χ0v) is 11.5. The topological polar surface area (TPSA) is 42.0 Å². The summed E-state index contributed by atoms with van der Waals surface area (Å²) < 4.78 is 0. The maximum atomic E-state index is 10.9. The Hall–Kier alpha value is -2.12. The number of aromatic nitrogens is 1. The van der Waals surface area contributed by atoms with Gasteiger partial charge in [-0.25, -0.2) is 4.98 Å². The molecular weight excluding hydrogens is 256 g/mol. The van der Waals surface area contributed by atoms with Gasteiger partial charge in [0.25, 0.3) is 0 Å². The Morgan fingerprint density at radius 1 is 1.37 bits per heavy atom. The molecule has 0 fully saturated rings. The molecule has 4 heteroatoms. The van der Waals surface area contributed by atoms with E-state index in [0.29, 0.717) is 5.13 Å². The van der Waals surface area contributed by atoms with Gasteiger partial charge in [0.2, 0.25) is 5.91 Å². The third-order valence-corrected chi connectivity index (χ3v) is 3.43. The molecule has 0 atom stereocenters. The maximum Gasteiger partial charge on any atom is 0.223 e. The van der Waals surface area contributed by atoms with Crippen molar-refractivity contribution in [3.05, 3.63) is 46.5 Å². The lowest BCUT2D eigenvalue weighted by molar-refractivity contribution is -0.114. The van der Waals surface area contributed by atoms with Crippen molar-refractivity contribution < 1.29 is 4.79 Å². The van der Waals surface area contributed by atoms with Gasteiger partial charge in [0.15, 0.2) is 5.13 Å². The number of rotatable bonds is 4. The molecule has 1 aromatic carbocycles. The molecule has 1 heterocycles. The van der Waals surface area contributed by atoms with Gasteiger partial charge in [-0.05, 0) is 30.5 Å². The van der Waals surface area contributed by atoms with Crippen LogP contribution in [0.2, 0.25) is 0 Å². The molecule has 0 unspecified atom stereocenters. The standard InChI is InChI=1S/C15H14N2OS/c1-3-12-4-6-13(7-5-12)8-9-14-10-19-15(17-14)16-11(2)18/h1,4-7,10H,8-9H2,2H3,(H,16,17,18). The molecule has 1 N–H and O–H groups in total. The van der Waals surface area contributed by atoms with Gasteiger partial charge in [-0.1, -0.05) is 18.1 Å². The van der Waals surface area contributed by atoms with Crippen LogP contribution in [0.15, 0.2) is 29.6 Å². The lowest BCUT2D eigenvalue weighted by Crippen LogP contribution is -2.05. The molecule has 0 saturated heterocycles. The zero-order chi connectivity index (χ0) is 13.7. The van der Waals surface area contributed by atoms with Gasteiger partial charge >= 0.3 is 0 Å². The van der Waals surface area contributed by atoms with Gasteiger partial charge in [-0.3, -0.25) is 4.79 Å². The van der Waals surface area contributed by atoms with E-state index in [1.54, 1.807) is 0 Å². The smallest absolute Gasteiger partial charge is 0.223 e. The zero-order valence-electron chi connectivity index (χ0n) is 10.6. The molecule has 0 aliphatic heterocycles. The van der Waals surface area contributed by atoms with E-state index < -0.39 is 0 Å². The van der Waals surface area contributed by atoms with E-state index in [9.17, 15) is 4.79 Å². The fraction of sp³-hybridized carbons (Fsp3) is 0.200. The number of carbonyl (C=O) groups is 1. The van der Waals surface area contributed by atoms with Crippen LogP contribution in [-0.4, -0.2) is 10.9 Å². The van der Waals surface area contributed by atoms with Gasteiger partial charge in [-0.2, -0.15) is 0 Å². The van der Waals surface area contributed by atoms with E-state index in [0.717, 1.165) is 24.1 Å². The summed E-state index contributed by atoms with van der Waals surface area (Å²) >= 11 is 1.45. The van der Waals surface area contributed by atoms with Crippen LogP contribution in [-0.2, 0) is 17.6 Å². The van der Waals surface area contributed by atoms with E-state index in [4.69, 9.17) is 6.42 Å². The van der Waals surface area contributed by atoms with E-state index >= 15 is 0 Å². The van der Waals surface area contributed by atoms with Crippen molar-refractivity contribution in [2.24, 2.45) is 0 Å². The summed E-state index contributed by atoms with van der Waals surface area (Å²) in [4.78, 5) is 15.3. The first kappa shape index (κ1) is 13.3. The Balaban J connectivity index is 1.92. The molecule has 0 aliphatic rings. The molecule has 96 valence electrons. The second-order valence-corrected chi connectivity index (χ2v) is 5.02. The molecule has 0 radical (unpaired) electrons. The maximum absolute atomic E-state index is 10.9. The fourth-order valence-corrected chi connectivity index (χ4v) is 2.46. The average Bonchev–Trinajstić information content (AvgIpc) is 2.84. The number of amides is 1.